The standard InChI is InChI=1S/C15H18F3IO2/c16-15(17,18)10-9-13(19)8-4-5-11-21-14(20)12-6-2-1-3-7-12/h1-3,6-7,13H,4-5,8-11H2. The van der Waals surface area contributed by atoms with Crippen LogP contribution in [0.4, 0.5) is 13.2 Å². The molecule has 0 spiro atoms. The number of unbranched alkanes of at least 4 members (excludes halogenated alkanes) is 1. The van der Waals surface area contributed by atoms with E-state index in [2.05, 4.69) is 0 Å². The normalized spacial score (nSPS) is 13.0. The van der Waals surface area contributed by atoms with E-state index in [-0.39, 0.29) is 16.3 Å². The summed E-state index contributed by atoms with van der Waals surface area (Å²) in [4.78, 5) is 11.6. The Morgan fingerprint density at radius 1 is 1.14 bits per heavy atom. The van der Waals surface area contributed by atoms with Gasteiger partial charge in [0.25, 0.3) is 0 Å². The minimum Gasteiger partial charge on any atom is -0.462 e. The molecule has 0 heterocycles. The average Bonchev–Trinajstić information content (AvgIpc) is 2.44. The van der Waals surface area contributed by atoms with Crippen molar-refractivity contribution in [3.8, 4) is 0 Å². The van der Waals surface area contributed by atoms with Gasteiger partial charge in [-0.25, -0.2) is 4.79 Å². The molecule has 1 aromatic carbocycles. The molecule has 1 aromatic rings. The van der Waals surface area contributed by atoms with E-state index in [1.54, 1.807) is 24.3 Å². The molecule has 0 aliphatic rings. The van der Waals surface area contributed by atoms with Gasteiger partial charge in [0.2, 0.25) is 0 Å². The first-order valence-electron chi connectivity index (χ1n) is 6.81. The third-order valence-corrected chi connectivity index (χ3v) is 4.14. The molecule has 6 heteroatoms. The molecule has 0 saturated carbocycles. The van der Waals surface area contributed by atoms with Gasteiger partial charge in [0, 0.05) is 10.3 Å². The monoisotopic (exact) mass is 414 g/mol. The largest absolute Gasteiger partial charge is 0.462 e. The van der Waals surface area contributed by atoms with Crippen molar-refractivity contribution >= 4 is 28.6 Å². The highest BCUT2D eigenvalue weighted by Gasteiger charge is 2.27. The van der Waals surface area contributed by atoms with Gasteiger partial charge in [0.1, 0.15) is 0 Å². The summed E-state index contributed by atoms with van der Waals surface area (Å²) in [5, 5.41) is 0. The molecule has 1 unspecified atom stereocenters. The van der Waals surface area contributed by atoms with Gasteiger partial charge in [-0.15, -0.1) is 0 Å². The molecular weight excluding hydrogens is 396 g/mol. The van der Waals surface area contributed by atoms with E-state index < -0.39 is 12.6 Å². The first kappa shape index (κ1) is 18.3. The fourth-order valence-corrected chi connectivity index (χ4v) is 2.51. The number of hydrogen-bond acceptors (Lipinski definition) is 2. The summed E-state index contributed by atoms with van der Waals surface area (Å²) in [5.74, 6) is -0.362. The van der Waals surface area contributed by atoms with Crippen LogP contribution in [0.15, 0.2) is 30.3 Å². The van der Waals surface area contributed by atoms with Crippen LogP contribution in [-0.2, 0) is 4.74 Å². The predicted octanol–water partition coefficient (Wildman–Crippen LogP) is 5.16. The summed E-state index contributed by atoms with van der Waals surface area (Å²) >= 11 is 2.05. The molecule has 0 radical (unpaired) electrons. The molecule has 0 bridgehead atoms. The third kappa shape index (κ3) is 8.95. The van der Waals surface area contributed by atoms with Crippen LogP contribution in [0.1, 0.15) is 42.5 Å². The average molecular weight is 414 g/mol. The summed E-state index contributed by atoms with van der Waals surface area (Å²) in [6.07, 6.45) is -2.52. The van der Waals surface area contributed by atoms with Gasteiger partial charge in [0.15, 0.2) is 0 Å². The van der Waals surface area contributed by atoms with Crippen molar-refractivity contribution in [2.45, 2.75) is 42.2 Å². The van der Waals surface area contributed by atoms with Crippen molar-refractivity contribution in [2.24, 2.45) is 0 Å². The molecule has 0 amide bonds. The second-order valence-corrected chi connectivity index (χ2v) is 6.51. The lowest BCUT2D eigenvalue weighted by molar-refractivity contribution is -0.135. The Labute approximate surface area is 136 Å². The lowest BCUT2D eigenvalue weighted by atomic mass is 10.1. The molecule has 0 aliphatic carbocycles. The fourth-order valence-electron chi connectivity index (χ4n) is 1.75. The number of benzene rings is 1. The number of alkyl halides is 4. The van der Waals surface area contributed by atoms with E-state index in [9.17, 15) is 18.0 Å². The molecule has 0 aromatic heterocycles. The van der Waals surface area contributed by atoms with E-state index in [4.69, 9.17) is 4.74 Å². The number of carbonyl (C=O) groups excluding carboxylic acids is 1. The van der Waals surface area contributed by atoms with Gasteiger partial charge in [-0.3, -0.25) is 0 Å². The molecule has 21 heavy (non-hydrogen) atoms. The Kier molecular flexibility index (Phi) is 8.06. The quantitative estimate of drug-likeness (QED) is 0.254. The van der Waals surface area contributed by atoms with Crippen LogP contribution in [0, 0.1) is 0 Å². The molecule has 118 valence electrons. The number of rotatable bonds is 8. The van der Waals surface area contributed by atoms with Crippen molar-refractivity contribution < 1.29 is 22.7 Å². The molecule has 2 nitrogen and oxygen atoms in total. The summed E-state index contributed by atoms with van der Waals surface area (Å²) < 4.78 is 41.3. The topological polar surface area (TPSA) is 26.3 Å². The highest BCUT2D eigenvalue weighted by Crippen LogP contribution is 2.26. The van der Waals surface area contributed by atoms with Gasteiger partial charge in [-0.1, -0.05) is 40.8 Å². The van der Waals surface area contributed by atoms with Gasteiger partial charge in [-0.05, 0) is 37.8 Å². The van der Waals surface area contributed by atoms with Crippen molar-refractivity contribution in [1.29, 1.82) is 0 Å². The van der Waals surface area contributed by atoms with Crippen LogP contribution in [0.3, 0.4) is 0 Å². The van der Waals surface area contributed by atoms with Gasteiger partial charge in [0.05, 0.1) is 12.2 Å². The van der Waals surface area contributed by atoms with E-state index in [1.807, 2.05) is 28.7 Å². The summed E-state index contributed by atoms with van der Waals surface area (Å²) in [5.41, 5.74) is 0.509. The van der Waals surface area contributed by atoms with Gasteiger partial charge < -0.3 is 4.74 Å². The highest BCUT2D eigenvalue weighted by molar-refractivity contribution is 14.1. The Balaban J connectivity index is 2.08. The maximum Gasteiger partial charge on any atom is 0.389 e. The highest BCUT2D eigenvalue weighted by atomic mass is 127. The minimum absolute atomic E-state index is 0.00838. The maximum absolute atomic E-state index is 12.0. The van der Waals surface area contributed by atoms with Crippen LogP contribution < -0.4 is 0 Å². The molecule has 1 atom stereocenters. The number of hydrogen-bond donors (Lipinski definition) is 0. The zero-order chi connectivity index (χ0) is 15.7. The predicted molar refractivity (Wildman–Crippen MR) is 83.7 cm³/mol. The third-order valence-electron chi connectivity index (χ3n) is 2.90. The van der Waals surface area contributed by atoms with Crippen LogP contribution in [0.5, 0.6) is 0 Å². The van der Waals surface area contributed by atoms with Crippen molar-refractivity contribution in [3.05, 3.63) is 35.9 Å². The fraction of sp³-hybridized carbons (Fsp3) is 0.533. The van der Waals surface area contributed by atoms with E-state index in [1.165, 1.54) is 0 Å². The first-order chi connectivity index (χ1) is 9.88. The van der Waals surface area contributed by atoms with Crippen LogP contribution in [0.2, 0.25) is 0 Å². The number of halogens is 4. The van der Waals surface area contributed by atoms with Crippen LogP contribution >= 0.6 is 22.6 Å². The number of carbonyl (C=O) groups is 1. The summed E-state index contributed by atoms with van der Waals surface area (Å²) in [7, 11) is 0. The summed E-state index contributed by atoms with van der Waals surface area (Å²) in [6, 6.07) is 8.70. The first-order valence-corrected chi connectivity index (χ1v) is 8.06. The molecule has 1 rings (SSSR count). The second-order valence-electron chi connectivity index (χ2n) is 4.75. The molecular formula is C15H18F3IO2. The lowest BCUT2D eigenvalue weighted by Crippen LogP contribution is -2.11. The summed E-state index contributed by atoms with van der Waals surface area (Å²) in [6.45, 7) is 0.302. The van der Waals surface area contributed by atoms with Crippen molar-refractivity contribution in [3.63, 3.8) is 0 Å². The zero-order valence-electron chi connectivity index (χ0n) is 11.5. The molecule has 0 saturated heterocycles. The Morgan fingerprint density at radius 2 is 1.81 bits per heavy atom. The smallest absolute Gasteiger partial charge is 0.389 e. The maximum atomic E-state index is 12.0. The Morgan fingerprint density at radius 3 is 2.43 bits per heavy atom. The number of ether oxygens (including phenoxy) is 1. The van der Waals surface area contributed by atoms with E-state index >= 15 is 0 Å². The SMILES string of the molecule is O=C(OCCCCC(I)CCC(F)(F)F)c1ccccc1. The lowest BCUT2D eigenvalue weighted by Gasteiger charge is -2.11. The van der Waals surface area contributed by atoms with Gasteiger partial charge >= 0.3 is 12.1 Å². The Bertz CT molecular complexity index is 421. The van der Waals surface area contributed by atoms with Crippen molar-refractivity contribution in [1.82, 2.24) is 0 Å². The van der Waals surface area contributed by atoms with Crippen molar-refractivity contribution in [2.75, 3.05) is 6.61 Å². The van der Waals surface area contributed by atoms with Crippen LogP contribution in [0.25, 0.3) is 0 Å². The molecule has 0 aliphatic heterocycles. The second kappa shape index (κ2) is 9.27. The molecule has 0 N–H and O–H groups in total. The minimum atomic E-state index is -4.07. The zero-order valence-corrected chi connectivity index (χ0v) is 13.7. The number of esters is 1. The molecule has 0 fully saturated rings. The Hall–Kier alpha value is -0.790. The van der Waals surface area contributed by atoms with E-state index in [0.717, 1.165) is 6.42 Å². The van der Waals surface area contributed by atoms with E-state index in [0.29, 0.717) is 25.0 Å². The van der Waals surface area contributed by atoms with Crippen LogP contribution in [-0.4, -0.2) is 22.7 Å². The van der Waals surface area contributed by atoms with Gasteiger partial charge in [-0.2, -0.15) is 13.2 Å².